The van der Waals surface area contributed by atoms with Gasteiger partial charge in [0, 0.05) is 27.8 Å². The van der Waals surface area contributed by atoms with Crippen LogP contribution < -0.4 is 5.32 Å². The van der Waals surface area contributed by atoms with Crippen molar-refractivity contribution in [2.45, 2.75) is 20.8 Å². The summed E-state index contributed by atoms with van der Waals surface area (Å²) in [5.41, 5.74) is 4.38. The summed E-state index contributed by atoms with van der Waals surface area (Å²) in [6, 6.07) is 17.6. The summed E-state index contributed by atoms with van der Waals surface area (Å²) in [4.78, 5) is 24.4. The Kier molecular flexibility index (Phi) is 7.14. The molecule has 0 bridgehead atoms. The number of amides is 1. The first-order chi connectivity index (χ1) is 15.3. The van der Waals surface area contributed by atoms with Crippen LogP contribution in [0, 0.1) is 25.2 Å². The molecule has 0 aliphatic heterocycles. The summed E-state index contributed by atoms with van der Waals surface area (Å²) in [7, 11) is 0. The van der Waals surface area contributed by atoms with Crippen LogP contribution in [0.5, 0.6) is 0 Å². The van der Waals surface area contributed by atoms with E-state index in [1.54, 1.807) is 37.3 Å². The number of anilines is 1. The minimum absolute atomic E-state index is 0.0316. The normalized spacial score (nSPS) is 11.0. The number of carbonyl (C=O) groups is 2. The number of benzene rings is 2. The number of rotatable bonds is 6. The maximum atomic E-state index is 12.7. The number of esters is 1. The van der Waals surface area contributed by atoms with Crippen molar-refractivity contribution in [3.8, 4) is 11.8 Å². The fourth-order valence-corrected chi connectivity index (χ4v) is 3.45. The van der Waals surface area contributed by atoms with Gasteiger partial charge in [-0.3, -0.25) is 4.79 Å². The summed E-state index contributed by atoms with van der Waals surface area (Å²) in [5.74, 6) is -0.966. The van der Waals surface area contributed by atoms with Crippen LogP contribution in [-0.4, -0.2) is 23.1 Å². The molecule has 0 spiro atoms. The highest BCUT2D eigenvalue weighted by molar-refractivity contribution is 6.30. The highest BCUT2D eigenvalue weighted by atomic mass is 35.5. The van der Waals surface area contributed by atoms with Gasteiger partial charge in [-0.25, -0.2) is 4.79 Å². The summed E-state index contributed by atoms with van der Waals surface area (Å²) >= 11 is 5.99. The van der Waals surface area contributed by atoms with Gasteiger partial charge in [-0.2, -0.15) is 5.26 Å². The van der Waals surface area contributed by atoms with Crippen molar-refractivity contribution >= 4 is 35.2 Å². The lowest BCUT2D eigenvalue weighted by Gasteiger charge is -2.09. The second-order valence-corrected chi connectivity index (χ2v) is 7.50. The molecule has 0 saturated heterocycles. The van der Waals surface area contributed by atoms with Crippen LogP contribution in [0.1, 0.15) is 34.2 Å². The summed E-state index contributed by atoms with van der Waals surface area (Å²) in [5, 5.41) is 12.9. The van der Waals surface area contributed by atoms with E-state index in [0.29, 0.717) is 16.3 Å². The molecule has 3 rings (SSSR count). The van der Waals surface area contributed by atoms with Crippen molar-refractivity contribution in [1.29, 1.82) is 5.26 Å². The van der Waals surface area contributed by atoms with E-state index in [4.69, 9.17) is 16.3 Å². The van der Waals surface area contributed by atoms with Gasteiger partial charge >= 0.3 is 5.97 Å². The van der Waals surface area contributed by atoms with Gasteiger partial charge in [-0.05, 0) is 87.0 Å². The van der Waals surface area contributed by atoms with E-state index in [9.17, 15) is 14.9 Å². The van der Waals surface area contributed by atoms with Crippen molar-refractivity contribution in [2.24, 2.45) is 0 Å². The monoisotopic (exact) mass is 447 g/mol. The van der Waals surface area contributed by atoms with Gasteiger partial charge in [0.25, 0.3) is 5.91 Å². The van der Waals surface area contributed by atoms with Gasteiger partial charge in [0.15, 0.2) is 0 Å². The van der Waals surface area contributed by atoms with Crippen LogP contribution in [0.25, 0.3) is 11.8 Å². The van der Waals surface area contributed by atoms with Crippen LogP contribution in [0.3, 0.4) is 0 Å². The van der Waals surface area contributed by atoms with Crippen LogP contribution >= 0.6 is 11.6 Å². The molecule has 0 fully saturated rings. The van der Waals surface area contributed by atoms with E-state index in [1.807, 2.05) is 54.8 Å². The standard InChI is InChI=1S/C25H22ClN3O3/c1-4-32-25(31)18-5-9-22(10-6-18)28-24(30)20(15-27)14-19-13-16(2)29(17(19)3)23-11-7-21(26)8-12-23/h5-14H,4H2,1-3H3,(H,28,30)/b20-14+. The summed E-state index contributed by atoms with van der Waals surface area (Å²) in [6.07, 6.45) is 1.57. The molecule has 0 atom stereocenters. The molecule has 0 radical (unpaired) electrons. The van der Waals surface area contributed by atoms with Crippen LogP contribution in [0.4, 0.5) is 5.69 Å². The fourth-order valence-electron chi connectivity index (χ4n) is 3.33. The number of carbonyl (C=O) groups excluding carboxylic acids is 2. The Labute approximate surface area is 191 Å². The molecule has 1 amide bonds. The molecular weight excluding hydrogens is 426 g/mol. The molecule has 0 saturated carbocycles. The molecule has 1 heterocycles. The first-order valence-electron chi connectivity index (χ1n) is 9.99. The fraction of sp³-hybridized carbons (Fsp3) is 0.160. The molecule has 0 aliphatic rings. The lowest BCUT2D eigenvalue weighted by atomic mass is 10.1. The largest absolute Gasteiger partial charge is 0.462 e. The van der Waals surface area contributed by atoms with Crippen LogP contribution in [0.2, 0.25) is 5.02 Å². The van der Waals surface area contributed by atoms with Gasteiger partial charge in [0.2, 0.25) is 0 Å². The number of aryl methyl sites for hydroxylation is 1. The zero-order valence-corrected chi connectivity index (χ0v) is 18.7. The van der Waals surface area contributed by atoms with Gasteiger partial charge in [-0.15, -0.1) is 0 Å². The number of nitriles is 1. The summed E-state index contributed by atoms with van der Waals surface area (Å²) < 4.78 is 6.98. The number of hydrogen-bond donors (Lipinski definition) is 1. The van der Waals surface area contributed by atoms with Crippen molar-refractivity contribution in [2.75, 3.05) is 11.9 Å². The Morgan fingerprint density at radius 3 is 2.38 bits per heavy atom. The van der Waals surface area contributed by atoms with Crippen molar-refractivity contribution < 1.29 is 14.3 Å². The maximum absolute atomic E-state index is 12.7. The van der Waals surface area contributed by atoms with E-state index >= 15 is 0 Å². The van der Waals surface area contributed by atoms with E-state index in [2.05, 4.69) is 5.32 Å². The molecule has 3 aromatic rings. The lowest BCUT2D eigenvalue weighted by Crippen LogP contribution is -2.13. The molecule has 32 heavy (non-hydrogen) atoms. The third-order valence-corrected chi connectivity index (χ3v) is 5.13. The van der Waals surface area contributed by atoms with Crippen molar-refractivity contribution in [1.82, 2.24) is 4.57 Å². The highest BCUT2D eigenvalue weighted by Crippen LogP contribution is 2.24. The number of nitrogens with one attached hydrogen (secondary N) is 1. The first-order valence-corrected chi connectivity index (χ1v) is 10.4. The molecule has 2 aromatic carbocycles. The molecule has 1 aromatic heterocycles. The van der Waals surface area contributed by atoms with Gasteiger partial charge in [-0.1, -0.05) is 11.6 Å². The number of halogens is 1. The van der Waals surface area contributed by atoms with Crippen LogP contribution in [-0.2, 0) is 9.53 Å². The average molecular weight is 448 g/mol. The molecule has 1 N–H and O–H groups in total. The molecule has 0 aliphatic carbocycles. The number of aromatic nitrogens is 1. The smallest absolute Gasteiger partial charge is 0.338 e. The summed E-state index contributed by atoms with van der Waals surface area (Å²) in [6.45, 7) is 5.89. The Balaban J connectivity index is 1.82. The Morgan fingerprint density at radius 2 is 1.78 bits per heavy atom. The minimum Gasteiger partial charge on any atom is -0.462 e. The van der Waals surface area contributed by atoms with Crippen LogP contribution in [0.15, 0.2) is 60.2 Å². The third-order valence-electron chi connectivity index (χ3n) is 4.87. The zero-order chi connectivity index (χ0) is 23.3. The van der Waals surface area contributed by atoms with E-state index in [0.717, 1.165) is 22.6 Å². The van der Waals surface area contributed by atoms with Gasteiger partial charge in [0.1, 0.15) is 11.6 Å². The second-order valence-electron chi connectivity index (χ2n) is 7.06. The number of ether oxygens (including phenoxy) is 1. The zero-order valence-electron chi connectivity index (χ0n) is 18.0. The van der Waals surface area contributed by atoms with E-state index in [-0.39, 0.29) is 12.2 Å². The topological polar surface area (TPSA) is 84.1 Å². The molecular formula is C25H22ClN3O3. The third kappa shape index (κ3) is 5.08. The highest BCUT2D eigenvalue weighted by Gasteiger charge is 2.14. The van der Waals surface area contributed by atoms with Crippen molar-refractivity contribution in [3.05, 3.63) is 87.7 Å². The lowest BCUT2D eigenvalue weighted by molar-refractivity contribution is -0.112. The SMILES string of the molecule is CCOC(=O)c1ccc(NC(=O)/C(C#N)=C/c2cc(C)n(-c3ccc(Cl)cc3)c2C)cc1. The first kappa shape index (κ1) is 22.9. The van der Waals surface area contributed by atoms with Crippen molar-refractivity contribution in [3.63, 3.8) is 0 Å². The predicted octanol–water partition coefficient (Wildman–Crippen LogP) is 5.47. The van der Waals surface area contributed by atoms with E-state index < -0.39 is 11.9 Å². The Bertz CT molecular complexity index is 1220. The predicted molar refractivity (Wildman–Crippen MR) is 125 cm³/mol. The Morgan fingerprint density at radius 1 is 1.12 bits per heavy atom. The molecule has 162 valence electrons. The number of hydrogen-bond acceptors (Lipinski definition) is 4. The maximum Gasteiger partial charge on any atom is 0.338 e. The number of nitrogens with zero attached hydrogens (tertiary/aromatic N) is 2. The minimum atomic E-state index is -0.535. The molecule has 7 heteroatoms. The average Bonchev–Trinajstić information content (AvgIpc) is 3.06. The van der Waals surface area contributed by atoms with Gasteiger partial charge in [0.05, 0.1) is 12.2 Å². The quantitative estimate of drug-likeness (QED) is 0.308. The van der Waals surface area contributed by atoms with Gasteiger partial charge < -0.3 is 14.6 Å². The second kappa shape index (κ2) is 9.99. The Hall–Kier alpha value is -3.82. The molecule has 0 unspecified atom stereocenters. The van der Waals surface area contributed by atoms with E-state index in [1.165, 1.54) is 0 Å². The molecule has 6 nitrogen and oxygen atoms in total.